The summed E-state index contributed by atoms with van der Waals surface area (Å²) in [6.45, 7) is 1.89. The van der Waals surface area contributed by atoms with E-state index in [0.29, 0.717) is 43.7 Å². The molecule has 1 aliphatic heterocycles. The number of carbonyl (C=O) groups is 1. The van der Waals surface area contributed by atoms with Gasteiger partial charge in [-0.2, -0.15) is 0 Å². The third-order valence-electron chi connectivity index (χ3n) is 5.03. The number of aldehydes is 1. The molecule has 2 aromatic rings. The lowest BCUT2D eigenvalue weighted by Crippen LogP contribution is -2.43. The van der Waals surface area contributed by atoms with Gasteiger partial charge in [0.2, 0.25) is 0 Å². The lowest BCUT2D eigenvalue weighted by Gasteiger charge is -2.33. The maximum Gasteiger partial charge on any atom is 0.194 e. The van der Waals surface area contributed by atoms with E-state index in [4.69, 9.17) is 4.42 Å². The Kier molecular flexibility index (Phi) is 8.46. The van der Waals surface area contributed by atoms with Crippen LogP contribution in [0.5, 0.6) is 0 Å². The zero-order valence-electron chi connectivity index (χ0n) is 16.9. The van der Waals surface area contributed by atoms with Gasteiger partial charge in [-0.05, 0) is 45.1 Å². The first-order valence-electron chi connectivity index (χ1n) is 9.63. The molecular formula is C21H29ClN2O4S. The largest absolute Gasteiger partial charge is 0.464 e. The van der Waals surface area contributed by atoms with E-state index in [1.807, 2.05) is 36.0 Å². The summed E-state index contributed by atoms with van der Waals surface area (Å²) in [7, 11) is 0.454. The van der Waals surface area contributed by atoms with E-state index in [2.05, 4.69) is 0 Å². The summed E-state index contributed by atoms with van der Waals surface area (Å²) in [6.07, 6.45) is 2.91. The molecule has 0 aliphatic carbocycles. The second-order valence-electron chi connectivity index (χ2n) is 7.53. The van der Waals surface area contributed by atoms with Crippen LogP contribution in [0.3, 0.4) is 0 Å². The van der Waals surface area contributed by atoms with Crippen LogP contribution in [0, 0.1) is 0 Å². The van der Waals surface area contributed by atoms with Crippen LogP contribution in [0.1, 0.15) is 36.3 Å². The van der Waals surface area contributed by atoms with Gasteiger partial charge < -0.3 is 14.1 Å². The first-order valence-corrected chi connectivity index (χ1v) is 11.2. The maximum absolute atomic E-state index is 13.3. The quantitative estimate of drug-likeness (QED) is 0.440. The highest BCUT2D eigenvalue weighted by Crippen LogP contribution is 2.30. The highest BCUT2D eigenvalue weighted by Gasteiger charge is 2.35. The average molecular weight is 441 g/mol. The Hall–Kier alpha value is -1.67. The summed E-state index contributed by atoms with van der Waals surface area (Å²) in [5.41, 5.74) is 1.06. The number of rotatable bonds is 9. The van der Waals surface area contributed by atoms with E-state index in [0.717, 1.165) is 29.9 Å². The lowest BCUT2D eigenvalue weighted by molar-refractivity contribution is -0.108. The molecule has 1 atom stereocenters. The van der Waals surface area contributed by atoms with E-state index >= 15 is 0 Å². The van der Waals surface area contributed by atoms with Crippen molar-refractivity contribution in [2.45, 2.75) is 49.0 Å². The summed E-state index contributed by atoms with van der Waals surface area (Å²) >= 11 is 0. The number of hydrogen-bond donors (Lipinski definition) is 0. The molecule has 0 saturated heterocycles. The number of sulfone groups is 1. The van der Waals surface area contributed by atoms with Crippen LogP contribution in [0.25, 0.3) is 0 Å². The van der Waals surface area contributed by atoms with Crippen LogP contribution < -0.4 is 0 Å². The molecule has 1 unspecified atom stereocenters. The molecule has 6 nitrogen and oxygen atoms in total. The summed E-state index contributed by atoms with van der Waals surface area (Å²) in [4.78, 5) is 15.2. The summed E-state index contributed by atoms with van der Waals surface area (Å²) in [6, 6.07) is 10.6. The molecular weight excluding hydrogens is 412 g/mol. The molecule has 0 fully saturated rings. The number of furan rings is 1. The molecule has 0 bridgehead atoms. The molecule has 2 heterocycles. The highest BCUT2D eigenvalue weighted by molar-refractivity contribution is 7.92. The van der Waals surface area contributed by atoms with Crippen LogP contribution >= 0.6 is 12.4 Å². The monoisotopic (exact) mass is 440 g/mol. The van der Waals surface area contributed by atoms with Gasteiger partial charge in [-0.15, -0.1) is 12.4 Å². The van der Waals surface area contributed by atoms with Crippen molar-refractivity contribution in [2.24, 2.45) is 0 Å². The zero-order chi connectivity index (χ0) is 20.1. The normalized spacial score (nSPS) is 15.6. The van der Waals surface area contributed by atoms with E-state index < -0.39 is 15.2 Å². The molecule has 1 aromatic heterocycles. The summed E-state index contributed by atoms with van der Waals surface area (Å²) in [5, 5.41) is -0.643. The average Bonchev–Trinajstić information content (AvgIpc) is 3.06. The van der Waals surface area contributed by atoms with Gasteiger partial charge in [0.25, 0.3) is 0 Å². The fourth-order valence-electron chi connectivity index (χ4n) is 3.73. The van der Waals surface area contributed by atoms with Crippen molar-refractivity contribution >= 4 is 28.5 Å². The fraction of sp³-hybridized carbons (Fsp3) is 0.476. The van der Waals surface area contributed by atoms with Crippen molar-refractivity contribution in [1.29, 1.82) is 0 Å². The molecule has 3 rings (SSSR count). The number of nitrogens with zero attached hydrogens (tertiary/aromatic N) is 2. The Balaban J connectivity index is 0.00000300. The minimum Gasteiger partial charge on any atom is -0.464 e. The number of carbonyl (C=O) groups excluding carboxylic acids is 1. The molecule has 160 valence electrons. The Morgan fingerprint density at radius 2 is 1.97 bits per heavy atom. The number of halogens is 1. The highest BCUT2D eigenvalue weighted by atomic mass is 35.5. The second-order valence-corrected chi connectivity index (χ2v) is 9.64. The molecule has 29 heavy (non-hydrogen) atoms. The van der Waals surface area contributed by atoms with Gasteiger partial charge >= 0.3 is 0 Å². The van der Waals surface area contributed by atoms with Gasteiger partial charge in [-0.1, -0.05) is 18.2 Å². The molecule has 1 aromatic carbocycles. The number of unbranched alkanes of at least 4 members (excludes halogenated alkanes) is 1. The van der Waals surface area contributed by atoms with Crippen molar-refractivity contribution in [3.8, 4) is 0 Å². The van der Waals surface area contributed by atoms with Crippen molar-refractivity contribution < 1.29 is 17.6 Å². The van der Waals surface area contributed by atoms with Crippen molar-refractivity contribution in [2.75, 3.05) is 20.6 Å². The van der Waals surface area contributed by atoms with E-state index in [1.54, 1.807) is 24.3 Å². The van der Waals surface area contributed by atoms with Gasteiger partial charge in [-0.3, -0.25) is 4.90 Å². The first kappa shape index (κ1) is 23.6. The van der Waals surface area contributed by atoms with Crippen LogP contribution in [0.4, 0.5) is 0 Å². The van der Waals surface area contributed by atoms with E-state index in [-0.39, 0.29) is 12.4 Å². The molecule has 0 radical (unpaired) electrons. The minimum atomic E-state index is -3.52. The Bertz CT molecular complexity index is 897. The third-order valence-corrected chi connectivity index (χ3v) is 7.21. The van der Waals surface area contributed by atoms with Gasteiger partial charge in [0, 0.05) is 31.5 Å². The first-order chi connectivity index (χ1) is 13.4. The van der Waals surface area contributed by atoms with Gasteiger partial charge in [0.15, 0.2) is 9.84 Å². The van der Waals surface area contributed by atoms with Gasteiger partial charge in [0.1, 0.15) is 23.2 Å². The topological polar surface area (TPSA) is 70.8 Å². The zero-order valence-corrected chi connectivity index (χ0v) is 18.5. The summed E-state index contributed by atoms with van der Waals surface area (Å²) < 4.78 is 32.6. The summed E-state index contributed by atoms with van der Waals surface area (Å²) in [5.74, 6) is 1.86. The number of fused-ring (bicyclic) bond motifs is 1. The third kappa shape index (κ3) is 5.69. The second kappa shape index (κ2) is 10.4. The predicted molar refractivity (Wildman–Crippen MR) is 115 cm³/mol. The Morgan fingerprint density at radius 3 is 2.62 bits per heavy atom. The molecule has 8 heteroatoms. The van der Waals surface area contributed by atoms with Gasteiger partial charge in [-0.25, -0.2) is 8.42 Å². The number of hydrogen-bond acceptors (Lipinski definition) is 6. The van der Waals surface area contributed by atoms with Crippen LogP contribution in [-0.2, 0) is 34.1 Å². The predicted octanol–water partition coefficient (Wildman–Crippen LogP) is 3.29. The SMILES string of the molecule is CN(C)Cc1cc2c(o1)CCN(C(CCCC=O)S(=O)(=O)c1ccccc1)C2.Cl. The van der Waals surface area contributed by atoms with Crippen molar-refractivity contribution in [3.63, 3.8) is 0 Å². The molecule has 0 saturated carbocycles. The molecule has 0 N–H and O–H groups in total. The van der Waals surface area contributed by atoms with Crippen LogP contribution in [-0.4, -0.2) is 50.5 Å². The molecule has 0 amide bonds. The molecule has 0 spiro atoms. The van der Waals surface area contributed by atoms with E-state index in [1.165, 1.54) is 0 Å². The number of benzene rings is 1. The van der Waals surface area contributed by atoms with E-state index in [9.17, 15) is 13.2 Å². The lowest BCUT2D eigenvalue weighted by atomic mass is 10.1. The van der Waals surface area contributed by atoms with Crippen molar-refractivity contribution in [3.05, 3.63) is 53.5 Å². The smallest absolute Gasteiger partial charge is 0.194 e. The minimum absolute atomic E-state index is 0. The fourth-order valence-corrected chi connectivity index (χ4v) is 5.63. The van der Waals surface area contributed by atoms with Crippen molar-refractivity contribution in [1.82, 2.24) is 9.80 Å². The van der Waals surface area contributed by atoms with Crippen LogP contribution in [0.15, 0.2) is 45.7 Å². The maximum atomic E-state index is 13.3. The Morgan fingerprint density at radius 1 is 1.24 bits per heavy atom. The van der Waals surface area contributed by atoms with Crippen LogP contribution in [0.2, 0.25) is 0 Å². The van der Waals surface area contributed by atoms with Gasteiger partial charge in [0.05, 0.1) is 11.4 Å². The standard InChI is InChI=1S/C21H28N2O4S.ClH/c1-22(2)16-18-14-17-15-23(12-11-20(17)27-18)21(10-6-7-13-24)28(25,26)19-8-4-3-5-9-19;/h3-5,8-9,13-14,21H,6-7,10-12,15-16H2,1-2H3;1H. The molecule has 1 aliphatic rings. The Labute approximate surface area is 179 Å².